The fourth-order valence-electron chi connectivity index (χ4n) is 1.13. The number of amides is 1. The number of aliphatic carboxylic acids is 1. The molecule has 0 fully saturated rings. The molecule has 0 aliphatic carbocycles. The molecule has 88 valence electrons. The highest BCUT2D eigenvalue weighted by atomic mass is 32.1. The van der Waals surface area contributed by atoms with Gasteiger partial charge in [0.2, 0.25) is 0 Å². The lowest BCUT2D eigenvalue weighted by Crippen LogP contribution is -2.38. The van der Waals surface area contributed by atoms with Crippen molar-refractivity contribution in [2.75, 3.05) is 7.11 Å². The van der Waals surface area contributed by atoms with Gasteiger partial charge in [-0.3, -0.25) is 9.59 Å². The van der Waals surface area contributed by atoms with E-state index in [2.05, 4.69) is 5.32 Å². The molecule has 1 atom stereocenters. The van der Waals surface area contributed by atoms with Crippen LogP contribution in [0.1, 0.15) is 22.2 Å². The number of carboxylic acids is 1. The van der Waals surface area contributed by atoms with Crippen molar-refractivity contribution < 1.29 is 19.4 Å². The van der Waals surface area contributed by atoms with Crippen LogP contribution in [0.4, 0.5) is 0 Å². The summed E-state index contributed by atoms with van der Waals surface area (Å²) in [5, 5.41) is 12.8. The van der Waals surface area contributed by atoms with Gasteiger partial charge in [-0.15, -0.1) is 11.3 Å². The number of hydrogen-bond acceptors (Lipinski definition) is 4. The molecular formula is C10H13NO4S. The Morgan fingerprint density at radius 3 is 2.88 bits per heavy atom. The molecule has 0 aromatic carbocycles. The predicted molar refractivity (Wildman–Crippen MR) is 59.6 cm³/mol. The zero-order valence-electron chi connectivity index (χ0n) is 9.02. The van der Waals surface area contributed by atoms with E-state index in [1.54, 1.807) is 18.6 Å². The molecule has 6 heteroatoms. The van der Waals surface area contributed by atoms with Gasteiger partial charge >= 0.3 is 5.97 Å². The van der Waals surface area contributed by atoms with Crippen molar-refractivity contribution in [1.29, 1.82) is 0 Å². The highest BCUT2D eigenvalue weighted by Gasteiger charge is 2.18. The van der Waals surface area contributed by atoms with Gasteiger partial charge in [0, 0.05) is 12.7 Å². The van der Waals surface area contributed by atoms with Gasteiger partial charge < -0.3 is 15.2 Å². The van der Waals surface area contributed by atoms with Gasteiger partial charge in [-0.2, -0.15) is 0 Å². The monoisotopic (exact) mass is 243 g/mol. The van der Waals surface area contributed by atoms with Crippen LogP contribution < -0.4 is 5.32 Å². The zero-order chi connectivity index (χ0) is 12.1. The third-order valence-corrected chi connectivity index (χ3v) is 2.93. The molecule has 16 heavy (non-hydrogen) atoms. The maximum absolute atomic E-state index is 11.7. The Labute approximate surface area is 97.0 Å². The van der Waals surface area contributed by atoms with Gasteiger partial charge in [0.1, 0.15) is 6.04 Å². The number of carbonyl (C=O) groups is 2. The minimum absolute atomic E-state index is 0.341. The fraction of sp³-hybridized carbons (Fsp3) is 0.400. The Hall–Kier alpha value is -1.40. The van der Waals surface area contributed by atoms with Gasteiger partial charge in [-0.05, 0) is 18.4 Å². The standard InChI is InChI=1S/C10H13NO4S/c1-6(10(13)14)11-9(12)8-7(5-15-2)3-4-16-8/h3-4,6H,5H2,1-2H3,(H,11,12)(H,13,14). The number of hydrogen-bond donors (Lipinski definition) is 2. The molecule has 0 radical (unpaired) electrons. The first-order valence-corrected chi connectivity index (χ1v) is 5.53. The molecule has 1 amide bonds. The Bertz CT molecular complexity index is 388. The first-order chi connectivity index (χ1) is 7.56. The second-order valence-corrected chi connectivity index (χ2v) is 4.16. The number of rotatable bonds is 5. The van der Waals surface area contributed by atoms with Gasteiger partial charge in [0.15, 0.2) is 0 Å². The molecule has 0 aliphatic heterocycles. The van der Waals surface area contributed by atoms with E-state index < -0.39 is 12.0 Å². The molecule has 1 aromatic heterocycles. The summed E-state index contributed by atoms with van der Waals surface area (Å²) in [5.41, 5.74) is 0.766. The largest absolute Gasteiger partial charge is 0.480 e. The number of thiophene rings is 1. The molecule has 0 saturated carbocycles. The van der Waals surface area contributed by atoms with Crippen LogP contribution in [0, 0.1) is 0 Å². The van der Waals surface area contributed by atoms with Gasteiger partial charge in [0.05, 0.1) is 11.5 Å². The van der Waals surface area contributed by atoms with Crippen LogP contribution in [-0.2, 0) is 16.1 Å². The summed E-state index contributed by atoms with van der Waals surface area (Å²) in [7, 11) is 1.54. The van der Waals surface area contributed by atoms with Crippen molar-refractivity contribution in [1.82, 2.24) is 5.32 Å². The van der Waals surface area contributed by atoms with Crippen LogP contribution in [-0.4, -0.2) is 30.1 Å². The Balaban J connectivity index is 2.72. The summed E-state index contributed by atoms with van der Waals surface area (Å²) >= 11 is 1.27. The molecule has 2 N–H and O–H groups in total. The summed E-state index contributed by atoms with van der Waals surface area (Å²) in [6, 6.07) is 0.888. The summed E-state index contributed by atoms with van der Waals surface area (Å²) in [6.45, 7) is 1.76. The quantitative estimate of drug-likeness (QED) is 0.812. The smallest absolute Gasteiger partial charge is 0.325 e. The second kappa shape index (κ2) is 5.62. The zero-order valence-corrected chi connectivity index (χ0v) is 9.84. The first kappa shape index (κ1) is 12.7. The van der Waals surface area contributed by atoms with E-state index in [0.29, 0.717) is 11.5 Å². The maximum atomic E-state index is 11.7. The van der Waals surface area contributed by atoms with Crippen LogP contribution in [0.15, 0.2) is 11.4 Å². The lowest BCUT2D eigenvalue weighted by molar-refractivity contribution is -0.138. The van der Waals surface area contributed by atoms with Crippen molar-refractivity contribution in [2.45, 2.75) is 19.6 Å². The molecule has 0 bridgehead atoms. The van der Waals surface area contributed by atoms with Crippen molar-refractivity contribution in [2.24, 2.45) is 0 Å². The lowest BCUT2D eigenvalue weighted by atomic mass is 10.2. The lowest BCUT2D eigenvalue weighted by Gasteiger charge is -2.09. The molecule has 0 aliphatic rings. The average Bonchev–Trinajstić information content (AvgIpc) is 2.66. The maximum Gasteiger partial charge on any atom is 0.325 e. The van der Waals surface area contributed by atoms with Crippen LogP contribution in [0.25, 0.3) is 0 Å². The number of nitrogens with one attached hydrogen (secondary N) is 1. The minimum Gasteiger partial charge on any atom is -0.480 e. The Kier molecular flexibility index (Phi) is 4.45. The van der Waals surface area contributed by atoms with Crippen molar-refractivity contribution in [3.8, 4) is 0 Å². The predicted octanol–water partition coefficient (Wildman–Crippen LogP) is 1.10. The Morgan fingerprint density at radius 2 is 2.31 bits per heavy atom. The molecule has 5 nitrogen and oxygen atoms in total. The number of carboxylic acid groups (broad SMARTS) is 1. The molecule has 1 unspecified atom stereocenters. The summed E-state index contributed by atoms with van der Waals surface area (Å²) in [6.07, 6.45) is 0. The van der Waals surface area contributed by atoms with Gasteiger partial charge in [-0.25, -0.2) is 0 Å². The van der Waals surface area contributed by atoms with E-state index >= 15 is 0 Å². The van der Waals surface area contributed by atoms with E-state index in [1.807, 2.05) is 0 Å². The molecule has 1 aromatic rings. The molecular weight excluding hydrogens is 230 g/mol. The van der Waals surface area contributed by atoms with Crippen LogP contribution >= 0.6 is 11.3 Å². The molecule has 0 spiro atoms. The van der Waals surface area contributed by atoms with Crippen molar-refractivity contribution in [3.05, 3.63) is 21.9 Å². The second-order valence-electron chi connectivity index (χ2n) is 3.24. The number of ether oxygens (including phenoxy) is 1. The van der Waals surface area contributed by atoms with Crippen molar-refractivity contribution in [3.63, 3.8) is 0 Å². The molecule has 1 rings (SSSR count). The van der Waals surface area contributed by atoms with E-state index in [0.717, 1.165) is 5.56 Å². The van der Waals surface area contributed by atoms with Gasteiger partial charge in [0.25, 0.3) is 5.91 Å². The minimum atomic E-state index is -1.06. The number of methoxy groups -OCH3 is 1. The van der Waals surface area contributed by atoms with Crippen LogP contribution in [0.2, 0.25) is 0 Å². The molecule has 0 saturated heterocycles. The van der Waals surface area contributed by atoms with Crippen molar-refractivity contribution >= 4 is 23.2 Å². The van der Waals surface area contributed by atoms with Crippen LogP contribution in [0.3, 0.4) is 0 Å². The highest BCUT2D eigenvalue weighted by Crippen LogP contribution is 2.17. The van der Waals surface area contributed by atoms with E-state index in [4.69, 9.17) is 9.84 Å². The summed E-state index contributed by atoms with van der Waals surface area (Å²) < 4.78 is 4.94. The average molecular weight is 243 g/mol. The summed E-state index contributed by atoms with van der Waals surface area (Å²) in [4.78, 5) is 22.8. The molecule has 1 heterocycles. The number of carbonyl (C=O) groups excluding carboxylic acids is 1. The van der Waals surface area contributed by atoms with E-state index in [-0.39, 0.29) is 5.91 Å². The van der Waals surface area contributed by atoms with E-state index in [9.17, 15) is 9.59 Å². The topological polar surface area (TPSA) is 75.6 Å². The SMILES string of the molecule is COCc1ccsc1C(=O)NC(C)C(=O)O. The third-order valence-electron chi connectivity index (χ3n) is 1.97. The van der Waals surface area contributed by atoms with Gasteiger partial charge in [-0.1, -0.05) is 0 Å². The third kappa shape index (κ3) is 3.04. The highest BCUT2D eigenvalue weighted by molar-refractivity contribution is 7.12. The Morgan fingerprint density at radius 1 is 1.62 bits per heavy atom. The summed E-state index contributed by atoms with van der Waals surface area (Å²) in [5.74, 6) is -1.44. The van der Waals surface area contributed by atoms with E-state index in [1.165, 1.54) is 18.3 Å². The fourth-order valence-corrected chi connectivity index (χ4v) is 1.94. The van der Waals surface area contributed by atoms with Crippen LogP contribution in [0.5, 0.6) is 0 Å². The normalized spacial score (nSPS) is 12.1. The first-order valence-electron chi connectivity index (χ1n) is 4.65.